The van der Waals surface area contributed by atoms with Crippen LogP contribution in [0.4, 0.5) is 4.79 Å². The molecule has 212 valence electrons. The SMILES string of the molecule is Cc1cccc2c(C(C)(C)NC(=O)[C@@H]3CN(C(=O)OC(C)(C)C)CCN3C)nn(COCC[Si](C)(C)C)c12. The van der Waals surface area contributed by atoms with Gasteiger partial charge in [-0.3, -0.25) is 9.69 Å². The zero-order chi connectivity index (χ0) is 28.5. The zero-order valence-corrected chi connectivity index (χ0v) is 26.0. The first-order valence-corrected chi connectivity index (χ1v) is 17.2. The second-order valence-electron chi connectivity index (χ2n) is 13.2. The van der Waals surface area contributed by atoms with E-state index in [0.29, 0.717) is 26.4 Å². The third kappa shape index (κ3) is 7.57. The predicted molar refractivity (Wildman–Crippen MR) is 154 cm³/mol. The minimum Gasteiger partial charge on any atom is -0.444 e. The Morgan fingerprint density at radius 2 is 1.82 bits per heavy atom. The number of likely N-dealkylation sites (N-methyl/N-ethyl adjacent to an activating group) is 1. The van der Waals surface area contributed by atoms with Crippen molar-refractivity contribution in [2.24, 2.45) is 0 Å². The van der Waals surface area contributed by atoms with E-state index in [4.69, 9.17) is 14.6 Å². The third-order valence-corrected chi connectivity index (χ3v) is 8.52. The van der Waals surface area contributed by atoms with Gasteiger partial charge in [0.05, 0.1) is 16.7 Å². The first-order valence-electron chi connectivity index (χ1n) is 13.5. The van der Waals surface area contributed by atoms with Gasteiger partial charge in [-0.1, -0.05) is 37.8 Å². The summed E-state index contributed by atoms with van der Waals surface area (Å²) in [5.74, 6) is -0.146. The molecule has 38 heavy (non-hydrogen) atoms. The molecule has 1 aromatic heterocycles. The van der Waals surface area contributed by atoms with Crippen LogP contribution >= 0.6 is 0 Å². The zero-order valence-electron chi connectivity index (χ0n) is 25.0. The summed E-state index contributed by atoms with van der Waals surface area (Å²) in [7, 11) is 0.724. The number of amides is 2. The monoisotopic (exact) mass is 545 g/mol. The first-order chi connectivity index (χ1) is 17.5. The quantitative estimate of drug-likeness (QED) is 0.386. The summed E-state index contributed by atoms with van der Waals surface area (Å²) in [6.45, 7) is 21.0. The van der Waals surface area contributed by atoms with Crippen molar-refractivity contribution in [2.75, 3.05) is 33.3 Å². The maximum absolute atomic E-state index is 13.6. The molecule has 1 N–H and O–H groups in total. The Morgan fingerprint density at radius 1 is 1.13 bits per heavy atom. The lowest BCUT2D eigenvalue weighted by molar-refractivity contribution is -0.129. The van der Waals surface area contributed by atoms with Crippen molar-refractivity contribution in [3.63, 3.8) is 0 Å². The van der Waals surface area contributed by atoms with Crippen LogP contribution < -0.4 is 5.32 Å². The molecule has 1 fully saturated rings. The molecule has 1 atom stereocenters. The molecule has 1 aromatic carbocycles. The minimum atomic E-state index is -1.19. The van der Waals surface area contributed by atoms with Crippen LogP contribution in [0.1, 0.15) is 45.9 Å². The van der Waals surface area contributed by atoms with Gasteiger partial charge in [-0.15, -0.1) is 0 Å². The molecule has 0 bridgehead atoms. The van der Waals surface area contributed by atoms with Crippen molar-refractivity contribution in [2.45, 2.75) is 91.1 Å². The summed E-state index contributed by atoms with van der Waals surface area (Å²) in [4.78, 5) is 29.9. The van der Waals surface area contributed by atoms with E-state index >= 15 is 0 Å². The van der Waals surface area contributed by atoms with Crippen molar-refractivity contribution in [1.29, 1.82) is 0 Å². The van der Waals surface area contributed by atoms with Gasteiger partial charge in [-0.05, 0) is 60.2 Å². The number of hydrogen-bond donors (Lipinski definition) is 1. The fraction of sp³-hybridized carbons (Fsp3) is 0.679. The summed E-state index contributed by atoms with van der Waals surface area (Å²) < 4.78 is 13.5. The fourth-order valence-corrected chi connectivity index (χ4v) is 5.36. The number of piperazine rings is 1. The second kappa shape index (κ2) is 11.4. The minimum absolute atomic E-state index is 0.146. The maximum Gasteiger partial charge on any atom is 0.410 e. The molecular formula is C28H47N5O4Si. The molecule has 2 amide bonds. The van der Waals surface area contributed by atoms with Gasteiger partial charge in [0.1, 0.15) is 18.4 Å². The summed E-state index contributed by atoms with van der Waals surface area (Å²) in [5.41, 5.74) is 1.58. The molecular weight excluding hydrogens is 498 g/mol. The van der Waals surface area contributed by atoms with E-state index in [1.165, 1.54) is 0 Å². The molecule has 0 unspecified atom stereocenters. The smallest absolute Gasteiger partial charge is 0.410 e. The Hall–Kier alpha value is -2.43. The van der Waals surface area contributed by atoms with Gasteiger partial charge in [-0.2, -0.15) is 5.10 Å². The number of carbonyl (C=O) groups excluding carboxylic acids is 2. The molecule has 0 spiro atoms. The Balaban J connectivity index is 1.79. The summed E-state index contributed by atoms with van der Waals surface area (Å²) in [5, 5.41) is 9.17. The number of para-hydroxylation sites is 1. The molecule has 1 aliphatic rings. The maximum atomic E-state index is 13.6. The molecule has 1 saturated heterocycles. The number of carbonyl (C=O) groups is 2. The number of aryl methyl sites for hydroxylation is 1. The van der Waals surface area contributed by atoms with E-state index in [-0.39, 0.29) is 12.5 Å². The van der Waals surface area contributed by atoms with Crippen LogP contribution in [0.3, 0.4) is 0 Å². The van der Waals surface area contributed by atoms with Crippen LogP contribution in [0.15, 0.2) is 18.2 Å². The highest BCUT2D eigenvalue weighted by atomic mass is 28.3. The topological polar surface area (TPSA) is 88.9 Å². The van der Waals surface area contributed by atoms with Crippen molar-refractivity contribution in [3.05, 3.63) is 29.5 Å². The van der Waals surface area contributed by atoms with Crippen LogP contribution in [-0.4, -0.2) is 84.6 Å². The normalized spacial score (nSPS) is 17.6. The highest BCUT2D eigenvalue weighted by molar-refractivity contribution is 6.76. The van der Waals surface area contributed by atoms with E-state index < -0.39 is 31.3 Å². The Labute approximate surface area is 228 Å². The number of nitrogens with one attached hydrogen (secondary N) is 1. The van der Waals surface area contributed by atoms with E-state index in [1.54, 1.807) is 4.90 Å². The number of benzene rings is 1. The lowest BCUT2D eigenvalue weighted by Crippen LogP contribution is -2.61. The molecule has 3 rings (SSSR count). The number of ether oxygens (including phenoxy) is 2. The average molecular weight is 546 g/mol. The van der Waals surface area contributed by atoms with E-state index in [2.05, 4.69) is 37.9 Å². The number of nitrogens with zero attached hydrogens (tertiary/aromatic N) is 4. The van der Waals surface area contributed by atoms with Crippen LogP contribution in [0.5, 0.6) is 0 Å². The lowest BCUT2D eigenvalue weighted by atomic mass is 9.95. The Kier molecular flexibility index (Phi) is 9.00. The van der Waals surface area contributed by atoms with Crippen molar-refractivity contribution >= 4 is 31.0 Å². The number of fused-ring (bicyclic) bond motifs is 1. The van der Waals surface area contributed by atoms with Gasteiger partial charge in [0, 0.05) is 39.7 Å². The Morgan fingerprint density at radius 3 is 2.45 bits per heavy atom. The van der Waals surface area contributed by atoms with Gasteiger partial charge < -0.3 is 19.7 Å². The van der Waals surface area contributed by atoms with Crippen molar-refractivity contribution in [3.8, 4) is 0 Å². The summed E-state index contributed by atoms with van der Waals surface area (Å²) in [6.07, 6.45) is -0.392. The van der Waals surface area contributed by atoms with Crippen LogP contribution in [0.2, 0.25) is 25.7 Å². The third-order valence-electron chi connectivity index (χ3n) is 6.81. The molecule has 10 heteroatoms. The molecule has 0 saturated carbocycles. The predicted octanol–water partition coefficient (Wildman–Crippen LogP) is 4.56. The largest absolute Gasteiger partial charge is 0.444 e. The second-order valence-corrected chi connectivity index (χ2v) is 18.8. The molecule has 9 nitrogen and oxygen atoms in total. The molecule has 0 radical (unpaired) electrons. The first kappa shape index (κ1) is 30.1. The van der Waals surface area contributed by atoms with E-state index in [0.717, 1.165) is 28.2 Å². The average Bonchev–Trinajstić information content (AvgIpc) is 3.16. The number of rotatable bonds is 8. The van der Waals surface area contributed by atoms with Crippen molar-refractivity contribution < 1.29 is 19.1 Å². The molecule has 0 aliphatic carbocycles. The standard InChI is InChI=1S/C28H47N5O4Si/c1-20-12-11-13-21-23(20)33(19-36-16-17-38(8,9)10)30-24(21)28(5,6)29-25(34)22-18-32(15-14-31(22)7)26(35)37-27(2,3)4/h11-13,22H,14-19H2,1-10H3,(H,29,34)/t22-/m0/s1. The van der Waals surface area contributed by atoms with E-state index in [9.17, 15) is 9.59 Å². The Bertz CT molecular complexity index is 1150. The summed E-state index contributed by atoms with van der Waals surface area (Å²) in [6, 6.07) is 6.74. The van der Waals surface area contributed by atoms with E-state index in [1.807, 2.05) is 63.4 Å². The molecule has 1 aliphatic heterocycles. The highest BCUT2D eigenvalue weighted by Gasteiger charge is 2.37. The molecule has 2 heterocycles. The van der Waals surface area contributed by atoms with Gasteiger partial charge in [0.15, 0.2) is 0 Å². The van der Waals surface area contributed by atoms with Crippen LogP contribution in [0.25, 0.3) is 10.9 Å². The summed E-state index contributed by atoms with van der Waals surface area (Å²) >= 11 is 0. The molecule has 2 aromatic rings. The van der Waals surface area contributed by atoms with Crippen LogP contribution in [0, 0.1) is 6.92 Å². The van der Waals surface area contributed by atoms with Crippen LogP contribution in [-0.2, 0) is 26.5 Å². The van der Waals surface area contributed by atoms with Gasteiger partial charge >= 0.3 is 6.09 Å². The van der Waals surface area contributed by atoms with Gasteiger partial charge in [0.25, 0.3) is 0 Å². The lowest BCUT2D eigenvalue weighted by Gasteiger charge is -2.40. The number of hydrogen-bond acceptors (Lipinski definition) is 6. The van der Waals surface area contributed by atoms with Crippen molar-refractivity contribution in [1.82, 2.24) is 24.9 Å². The number of aromatic nitrogens is 2. The van der Waals surface area contributed by atoms with Gasteiger partial charge in [0.2, 0.25) is 5.91 Å². The fourth-order valence-electron chi connectivity index (χ4n) is 4.60. The van der Waals surface area contributed by atoms with Gasteiger partial charge in [-0.25, -0.2) is 9.48 Å². The highest BCUT2D eigenvalue weighted by Crippen LogP contribution is 2.30.